The number of ether oxygens (including phenoxy) is 2. The molecule has 2 amide bonds. The first kappa shape index (κ1) is 23.8. The molecule has 2 unspecified atom stereocenters. The van der Waals surface area contributed by atoms with Gasteiger partial charge in [0.25, 0.3) is 0 Å². The average Bonchev–Trinajstić information content (AvgIpc) is 3.40. The molecule has 0 bridgehead atoms. The van der Waals surface area contributed by atoms with Crippen LogP contribution in [-0.4, -0.2) is 66.4 Å². The van der Waals surface area contributed by atoms with Gasteiger partial charge in [-0.05, 0) is 28.2 Å². The first-order chi connectivity index (χ1) is 16.3. The van der Waals surface area contributed by atoms with Crippen molar-refractivity contribution in [3.63, 3.8) is 0 Å². The van der Waals surface area contributed by atoms with Gasteiger partial charge in [0.1, 0.15) is 18.7 Å². The SMILES string of the molecule is COC1CC(C(=O)O)N(C(=O)[C@H](NC(=O)OCC2c3ccccc3-c3ccccc32)C(C)C)C1. The molecule has 2 aromatic rings. The number of carboxylic acid groups (broad SMARTS) is 1. The maximum absolute atomic E-state index is 13.2. The van der Waals surface area contributed by atoms with E-state index in [4.69, 9.17) is 9.47 Å². The van der Waals surface area contributed by atoms with Crippen molar-refractivity contribution < 1.29 is 29.0 Å². The molecule has 0 saturated carbocycles. The maximum Gasteiger partial charge on any atom is 0.407 e. The average molecular weight is 467 g/mol. The number of amides is 2. The summed E-state index contributed by atoms with van der Waals surface area (Å²) in [7, 11) is 1.49. The van der Waals surface area contributed by atoms with Crippen molar-refractivity contribution in [2.45, 2.75) is 44.4 Å². The van der Waals surface area contributed by atoms with Crippen molar-refractivity contribution in [3.8, 4) is 11.1 Å². The van der Waals surface area contributed by atoms with Crippen LogP contribution < -0.4 is 5.32 Å². The zero-order valence-electron chi connectivity index (χ0n) is 19.6. The van der Waals surface area contributed by atoms with Gasteiger partial charge in [-0.1, -0.05) is 62.4 Å². The highest BCUT2D eigenvalue weighted by molar-refractivity contribution is 5.90. The highest BCUT2D eigenvalue weighted by Crippen LogP contribution is 2.44. The Morgan fingerprint density at radius 2 is 1.65 bits per heavy atom. The van der Waals surface area contributed by atoms with E-state index < -0.39 is 30.1 Å². The third-order valence-electron chi connectivity index (χ3n) is 6.71. The van der Waals surface area contributed by atoms with Gasteiger partial charge in [0.2, 0.25) is 5.91 Å². The Morgan fingerprint density at radius 3 is 2.18 bits per heavy atom. The third kappa shape index (κ3) is 4.50. The molecule has 1 aliphatic carbocycles. The van der Waals surface area contributed by atoms with Crippen LogP contribution in [0.15, 0.2) is 48.5 Å². The molecule has 1 saturated heterocycles. The number of methoxy groups -OCH3 is 1. The number of fused-ring (bicyclic) bond motifs is 3. The van der Waals surface area contributed by atoms with Gasteiger partial charge in [-0.2, -0.15) is 0 Å². The zero-order valence-corrected chi connectivity index (χ0v) is 19.6. The monoisotopic (exact) mass is 466 g/mol. The van der Waals surface area contributed by atoms with E-state index >= 15 is 0 Å². The number of hydrogen-bond acceptors (Lipinski definition) is 5. The van der Waals surface area contributed by atoms with Crippen LogP contribution in [0.25, 0.3) is 11.1 Å². The largest absolute Gasteiger partial charge is 0.480 e. The van der Waals surface area contributed by atoms with Gasteiger partial charge in [0.05, 0.1) is 6.10 Å². The van der Waals surface area contributed by atoms with Crippen LogP contribution in [0.3, 0.4) is 0 Å². The third-order valence-corrected chi connectivity index (χ3v) is 6.71. The van der Waals surface area contributed by atoms with Gasteiger partial charge >= 0.3 is 12.1 Å². The normalized spacial score (nSPS) is 20.1. The lowest BCUT2D eigenvalue weighted by Crippen LogP contribution is -2.54. The van der Waals surface area contributed by atoms with Gasteiger partial charge in [-0.15, -0.1) is 0 Å². The molecule has 1 fully saturated rings. The lowest BCUT2D eigenvalue weighted by molar-refractivity contribution is -0.149. The predicted octanol–water partition coefficient (Wildman–Crippen LogP) is 3.25. The van der Waals surface area contributed by atoms with Crippen LogP contribution in [0.1, 0.15) is 37.3 Å². The molecule has 1 heterocycles. The Morgan fingerprint density at radius 1 is 1.06 bits per heavy atom. The number of carbonyl (C=O) groups is 3. The number of nitrogens with zero attached hydrogens (tertiary/aromatic N) is 1. The Balaban J connectivity index is 1.44. The van der Waals surface area contributed by atoms with E-state index in [1.54, 1.807) is 13.8 Å². The molecule has 180 valence electrons. The molecule has 2 aliphatic rings. The topological polar surface area (TPSA) is 105 Å². The maximum atomic E-state index is 13.2. The summed E-state index contributed by atoms with van der Waals surface area (Å²) in [6, 6.07) is 14.2. The van der Waals surface area contributed by atoms with Crippen LogP contribution >= 0.6 is 0 Å². The minimum absolute atomic E-state index is 0.0937. The Bertz CT molecular complexity index is 1040. The number of aliphatic carboxylic acids is 1. The molecule has 3 atom stereocenters. The van der Waals surface area contributed by atoms with Crippen molar-refractivity contribution in [2.75, 3.05) is 20.3 Å². The molecule has 0 spiro atoms. The van der Waals surface area contributed by atoms with Crippen molar-refractivity contribution in [2.24, 2.45) is 5.92 Å². The Hall–Kier alpha value is -3.39. The highest BCUT2D eigenvalue weighted by Gasteiger charge is 2.43. The molecule has 8 heteroatoms. The fraction of sp³-hybridized carbons (Fsp3) is 0.423. The number of carboxylic acids is 1. The summed E-state index contributed by atoms with van der Waals surface area (Å²) in [6.45, 7) is 3.89. The molecule has 0 aromatic heterocycles. The summed E-state index contributed by atoms with van der Waals surface area (Å²) in [5.74, 6) is -1.89. The molecule has 4 rings (SSSR count). The number of benzene rings is 2. The summed E-state index contributed by atoms with van der Waals surface area (Å²) in [5.41, 5.74) is 4.45. The van der Waals surface area contributed by atoms with E-state index in [-0.39, 0.29) is 37.5 Å². The molecule has 1 aliphatic heterocycles. The number of nitrogens with one attached hydrogen (secondary N) is 1. The molecule has 34 heavy (non-hydrogen) atoms. The summed E-state index contributed by atoms with van der Waals surface area (Å²) < 4.78 is 10.9. The lowest BCUT2D eigenvalue weighted by atomic mass is 9.98. The van der Waals surface area contributed by atoms with Gasteiger partial charge in [-0.25, -0.2) is 9.59 Å². The number of hydrogen-bond donors (Lipinski definition) is 2. The smallest absolute Gasteiger partial charge is 0.407 e. The quantitative estimate of drug-likeness (QED) is 0.649. The second-order valence-electron chi connectivity index (χ2n) is 9.13. The number of alkyl carbamates (subject to hydrolysis) is 1. The standard InChI is InChI=1S/C26H30N2O6/c1-15(2)23(24(29)28-13-16(33-3)12-22(28)25(30)31)27-26(32)34-14-21-19-10-6-4-8-17(19)18-9-5-7-11-20(18)21/h4-11,15-16,21-23H,12-14H2,1-3H3,(H,27,32)(H,30,31)/t16?,22?,23-/m1/s1. The van der Waals surface area contributed by atoms with Crippen molar-refractivity contribution in [1.29, 1.82) is 0 Å². The first-order valence-electron chi connectivity index (χ1n) is 11.5. The number of carbonyl (C=O) groups excluding carboxylic acids is 2. The summed E-state index contributed by atoms with van der Waals surface area (Å²) in [6.07, 6.45) is -0.844. The van der Waals surface area contributed by atoms with E-state index in [0.29, 0.717) is 0 Å². The predicted molar refractivity (Wildman–Crippen MR) is 125 cm³/mol. The van der Waals surface area contributed by atoms with Crippen LogP contribution in [0.4, 0.5) is 4.79 Å². The lowest BCUT2D eigenvalue weighted by Gasteiger charge is -2.29. The van der Waals surface area contributed by atoms with Gasteiger partial charge in [0, 0.05) is 26.0 Å². The molecule has 0 radical (unpaired) electrons. The van der Waals surface area contributed by atoms with Crippen LogP contribution in [-0.2, 0) is 19.1 Å². The van der Waals surface area contributed by atoms with Crippen molar-refractivity contribution >= 4 is 18.0 Å². The van der Waals surface area contributed by atoms with Crippen LogP contribution in [0, 0.1) is 5.92 Å². The molecule has 2 aromatic carbocycles. The highest BCUT2D eigenvalue weighted by atomic mass is 16.5. The summed E-state index contributed by atoms with van der Waals surface area (Å²) in [5, 5.41) is 12.2. The van der Waals surface area contributed by atoms with Crippen LogP contribution in [0.5, 0.6) is 0 Å². The fourth-order valence-corrected chi connectivity index (χ4v) is 4.91. The molecular formula is C26H30N2O6. The minimum atomic E-state index is -1.09. The molecule has 8 nitrogen and oxygen atoms in total. The molecule has 2 N–H and O–H groups in total. The van der Waals surface area contributed by atoms with Crippen molar-refractivity contribution in [3.05, 3.63) is 59.7 Å². The van der Waals surface area contributed by atoms with Gasteiger partial charge in [0.15, 0.2) is 0 Å². The second kappa shape index (κ2) is 9.85. The fourth-order valence-electron chi connectivity index (χ4n) is 4.91. The van der Waals surface area contributed by atoms with Gasteiger partial charge < -0.3 is 24.8 Å². The van der Waals surface area contributed by atoms with E-state index in [9.17, 15) is 19.5 Å². The Kier molecular flexibility index (Phi) is 6.88. The Labute approximate surface area is 198 Å². The zero-order chi connectivity index (χ0) is 24.4. The summed E-state index contributed by atoms with van der Waals surface area (Å²) >= 11 is 0. The number of rotatable bonds is 7. The number of likely N-dealkylation sites (tertiary alicyclic amines) is 1. The van der Waals surface area contributed by atoms with Crippen molar-refractivity contribution in [1.82, 2.24) is 10.2 Å². The van der Waals surface area contributed by atoms with E-state index in [0.717, 1.165) is 22.3 Å². The molecular weight excluding hydrogens is 436 g/mol. The first-order valence-corrected chi connectivity index (χ1v) is 11.5. The van der Waals surface area contributed by atoms with E-state index in [2.05, 4.69) is 17.4 Å². The van der Waals surface area contributed by atoms with Gasteiger partial charge in [-0.3, -0.25) is 4.79 Å². The van der Waals surface area contributed by atoms with E-state index in [1.807, 2.05) is 36.4 Å². The minimum Gasteiger partial charge on any atom is -0.480 e. The summed E-state index contributed by atoms with van der Waals surface area (Å²) in [4.78, 5) is 38.9. The second-order valence-corrected chi connectivity index (χ2v) is 9.13. The van der Waals surface area contributed by atoms with Crippen LogP contribution in [0.2, 0.25) is 0 Å². The van der Waals surface area contributed by atoms with E-state index in [1.165, 1.54) is 12.0 Å².